The Kier molecular flexibility index (Phi) is 3.88. The van der Waals surface area contributed by atoms with Gasteiger partial charge in [-0.2, -0.15) is 5.10 Å². The Morgan fingerprint density at radius 2 is 1.96 bits per heavy atom. The molecule has 3 rings (SSSR count). The van der Waals surface area contributed by atoms with Gasteiger partial charge in [-0.15, -0.1) is 13.2 Å². The first-order valence-electron chi connectivity index (χ1n) is 6.79. The Morgan fingerprint density at radius 3 is 2.67 bits per heavy atom. The smallest absolute Gasteiger partial charge is 0.465 e. The number of aromatic amines is 1. The third-order valence-electron chi connectivity index (χ3n) is 3.36. The van der Waals surface area contributed by atoms with Crippen molar-refractivity contribution in [3.63, 3.8) is 0 Å². The van der Waals surface area contributed by atoms with Crippen LogP contribution in [-0.2, 0) is 4.74 Å². The Balaban J connectivity index is 2.09. The maximum Gasteiger partial charge on any atom is 0.573 e. The number of benzene rings is 2. The van der Waals surface area contributed by atoms with Crippen LogP contribution in [0.4, 0.5) is 13.2 Å². The lowest BCUT2D eigenvalue weighted by molar-refractivity contribution is -0.274. The molecule has 0 aliphatic heterocycles. The minimum Gasteiger partial charge on any atom is -0.465 e. The Bertz CT molecular complexity index is 903. The molecule has 8 heteroatoms. The largest absolute Gasteiger partial charge is 0.573 e. The van der Waals surface area contributed by atoms with Gasteiger partial charge < -0.3 is 9.47 Å². The first-order chi connectivity index (χ1) is 11.4. The average Bonchev–Trinajstić information content (AvgIpc) is 3.00. The van der Waals surface area contributed by atoms with E-state index >= 15 is 0 Å². The molecule has 5 nitrogen and oxygen atoms in total. The van der Waals surface area contributed by atoms with Gasteiger partial charge in [0, 0.05) is 5.39 Å². The topological polar surface area (TPSA) is 64.2 Å². The number of methoxy groups -OCH3 is 1. The Morgan fingerprint density at radius 1 is 1.17 bits per heavy atom. The lowest BCUT2D eigenvalue weighted by atomic mass is 10.0. The number of hydrogen-bond donors (Lipinski definition) is 1. The fourth-order valence-electron chi connectivity index (χ4n) is 2.37. The van der Waals surface area contributed by atoms with E-state index in [1.807, 2.05) is 0 Å². The van der Waals surface area contributed by atoms with E-state index in [0.717, 1.165) is 0 Å². The summed E-state index contributed by atoms with van der Waals surface area (Å²) in [5.41, 5.74) is 1.74. The highest BCUT2D eigenvalue weighted by Gasteiger charge is 2.31. The predicted molar refractivity (Wildman–Crippen MR) is 79.6 cm³/mol. The van der Waals surface area contributed by atoms with E-state index in [2.05, 4.69) is 14.9 Å². The van der Waals surface area contributed by atoms with Gasteiger partial charge in [-0.25, -0.2) is 4.79 Å². The van der Waals surface area contributed by atoms with Gasteiger partial charge in [-0.05, 0) is 35.4 Å². The number of rotatable bonds is 3. The first-order valence-corrected chi connectivity index (χ1v) is 6.79. The molecule has 0 amide bonds. The molecule has 1 aromatic heterocycles. The predicted octanol–water partition coefficient (Wildman–Crippen LogP) is 3.92. The van der Waals surface area contributed by atoms with Crippen LogP contribution in [0.3, 0.4) is 0 Å². The van der Waals surface area contributed by atoms with E-state index < -0.39 is 12.3 Å². The van der Waals surface area contributed by atoms with Crippen LogP contribution in [0.5, 0.6) is 5.75 Å². The van der Waals surface area contributed by atoms with Gasteiger partial charge in [0.1, 0.15) is 5.75 Å². The molecule has 0 aliphatic carbocycles. The number of aromatic nitrogens is 2. The highest BCUT2D eigenvalue weighted by molar-refractivity contribution is 6.04. The molecule has 24 heavy (non-hydrogen) atoms. The van der Waals surface area contributed by atoms with Gasteiger partial charge in [-0.3, -0.25) is 5.10 Å². The lowest BCUT2D eigenvalue weighted by Gasteiger charge is -2.11. The van der Waals surface area contributed by atoms with E-state index in [1.54, 1.807) is 12.1 Å². The number of halogens is 3. The fourth-order valence-corrected chi connectivity index (χ4v) is 2.37. The highest BCUT2D eigenvalue weighted by atomic mass is 19.4. The summed E-state index contributed by atoms with van der Waals surface area (Å²) >= 11 is 0. The number of carbonyl (C=O) groups is 1. The molecular weight excluding hydrogens is 325 g/mol. The average molecular weight is 336 g/mol. The molecule has 1 heterocycles. The van der Waals surface area contributed by atoms with Gasteiger partial charge in [-0.1, -0.05) is 12.1 Å². The van der Waals surface area contributed by atoms with Gasteiger partial charge >= 0.3 is 12.3 Å². The molecule has 0 atom stereocenters. The molecule has 124 valence electrons. The lowest BCUT2D eigenvalue weighted by Crippen LogP contribution is -2.17. The van der Waals surface area contributed by atoms with Crippen LogP contribution in [0.2, 0.25) is 0 Å². The SMILES string of the molecule is COC(=O)c1cc(-c2cccc(OC(F)(F)F)c2)cc2cn[nH]c12. The number of carbonyl (C=O) groups excluding carboxylic acids is 1. The second-order valence-electron chi connectivity index (χ2n) is 4.93. The van der Waals surface area contributed by atoms with Crippen molar-refractivity contribution >= 4 is 16.9 Å². The first kappa shape index (κ1) is 15.9. The van der Waals surface area contributed by atoms with Gasteiger partial charge in [0.15, 0.2) is 0 Å². The van der Waals surface area contributed by atoms with Crippen LogP contribution in [0, 0.1) is 0 Å². The number of hydrogen-bond acceptors (Lipinski definition) is 4. The number of nitrogens with one attached hydrogen (secondary N) is 1. The number of esters is 1. The van der Waals surface area contributed by atoms with E-state index in [9.17, 15) is 18.0 Å². The Labute approximate surface area is 134 Å². The van der Waals surface area contributed by atoms with Crippen molar-refractivity contribution in [3.05, 3.63) is 48.2 Å². The van der Waals surface area contributed by atoms with Crippen LogP contribution in [0.15, 0.2) is 42.6 Å². The van der Waals surface area contributed by atoms with Crippen molar-refractivity contribution in [1.82, 2.24) is 10.2 Å². The molecule has 1 N–H and O–H groups in total. The maximum absolute atomic E-state index is 12.4. The Hall–Kier alpha value is -3.03. The molecule has 0 unspecified atom stereocenters. The molecule has 0 fully saturated rings. The zero-order chi connectivity index (χ0) is 17.3. The van der Waals surface area contributed by atoms with E-state index in [4.69, 9.17) is 4.74 Å². The van der Waals surface area contributed by atoms with Crippen molar-refractivity contribution in [2.45, 2.75) is 6.36 Å². The van der Waals surface area contributed by atoms with Crippen LogP contribution in [-0.4, -0.2) is 29.6 Å². The standard InChI is InChI=1S/C16H11F3N2O3/c1-23-15(22)13-7-10(5-11-8-20-21-14(11)13)9-3-2-4-12(6-9)24-16(17,18)19/h2-8H,1H3,(H,20,21). The summed E-state index contributed by atoms with van der Waals surface area (Å²) in [6.45, 7) is 0. The van der Waals surface area contributed by atoms with E-state index in [1.165, 1.54) is 37.6 Å². The minimum absolute atomic E-state index is 0.240. The summed E-state index contributed by atoms with van der Waals surface area (Å²) in [4.78, 5) is 11.9. The summed E-state index contributed by atoms with van der Waals surface area (Å²) in [6, 6.07) is 8.74. The summed E-state index contributed by atoms with van der Waals surface area (Å²) in [6.07, 6.45) is -3.26. The summed E-state index contributed by atoms with van der Waals surface area (Å²) < 4.78 is 45.7. The van der Waals surface area contributed by atoms with Crippen molar-refractivity contribution in [3.8, 4) is 16.9 Å². The summed E-state index contributed by atoms with van der Waals surface area (Å²) in [5, 5.41) is 7.21. The molecule has 0 saturated carbocycles. The van der Waals surface area contributed by atoms with E-state index in [0.29, 0.717) is 22.0 Å². The third-order valence-corrected chi connectivity index (χ3v) is 3.36. The van der Waals surface area contributed by atoms with Crippen molar-refractivity contribution in [2.24, 2.45) is 0 Å². The molecular formula is C16H11F3N2O3. The van der Waals surface area contributed by atoms with Crippen LogP contribution in [0.1, 0.15) is 10.4 Å². The number of ether oxygens (including phenoxy) is 2. The fraction of sp³-hybridized carbons (Fsp3) is 0.125. The molecule has 0 spiro atoms. The second-order valence-corrected chi connectivity index (χ2v) is 4.93. The molecule has 2 aromatic carbocycles. The minimum atomic E-state index is -4.77. The number of nitrogens with zero attached hydrogens (tertiary/aromatic N) is 1. The third kappa shape index (κ3) is 3.17. The number of alkyl halides is 3. The molecule has 0 bridgehead atoms. The van der Waals surface area contributed by atoms with Gasteiger partial charge in [0.25, 0.3) is 0 Å². The molecule has 3 aromatic rings. The monoisotopic (exact) mass is 336 g/mol. The van der Waals surface area contributed by atoms with Crippen LogP contribution in [0.25, 0.3) is 22.0 Å². The zero-order valence-electron chi connectivity index (χ0n) is 12.3. The number of fused-ring (bicyclic) bond motifs is 1. The molecule has 0 saturated heterocycles. The second kappa shape index (κ2) is 5.88. The molecule has 0 aliphatic rings. The maximum atomic E-state index is 12.4. The zero-order valence-corrected chi connectivity index (χ0v) is 12.3. The van der Waals surface area contributed by atoms with Crippen molar-refractivity contribution < 1.29 is 27.4 Å². The van der Waals surface area contributed by atoms with E-state index in [-0.39, 0.29) is 11.3 Å². The van der Waals surface area contributed by atoms with Gasteiger partial charge in [0.05, 0.1) is 24.4 Å². The normalized spacial score (nSPS) is 11.5. The van der Waals surface area contributed by atoms with Crippen LogP contribution < -0.4 is 4.74 Å². The highest BCUT2D eigenvalue weighted by Crippen LogP contribution is 2.31. The number of H-pyrrole nitrogens is 1. The summed E-state index contributed by atoms with van der Waals surface area (Å²) in [5.74, 6) is -0.916. The van der Waals surface area contributed by atoms with Gasteiger partial charge in [0.2, 0.25) is 0 Å². The van der Waals surface area contributed by atoms with Crippen LogP contribution >= 0.6 is 0 Å². The summed E-state index contributed by atoms with van der Waals surface area (Å²) in [7, 11) is 1.25. The van der Waals surface area contributed by atoms with Crippen molar-refractivity contribution in [2.75, 3.05) is 7.11 Å². The van der Waals surface area contributed by atoms with Crippen molar-refractivity contribution in [1.29, 1.82) is 0 Å². The molecule has 0 radical (unpaired) electrons. The quantitative estimate of drug-likeness (QED) is 0.737.